The Bertz CT molecular complexity index is 1220. The molecule has 0 heterocycles. The highest BCUT2D eigenvalue weighted by Crippen LogP contribution is 2.28. The highest BCUT2D eigenvalue weighted by molar-refractivity contribution is 5.95. The zero-order chi connectivity index (χ0) is 24.5. The van der Waals surface area contributed by atoms with Crippen LogP contribution in [0.15, 0.2) is 71.8 Å². The molecule has 3 aromatic rings. The van der Waals surface area contributed by atoms with Gasteiger partial charge >= 0.3 is 5.97 Å². The lowest BCUT2D eigenvalue weighted by Gasteiger charge is -2.10. The molecule has 0 spiro atoms. The first-order valence-electron chi connectivity index (χ1n) is 10.1. The molecule has 10 heteroatoms. The second-order valence-corrected chi connectivity index (χ2v) is 6.76. The van der Waals surface area contributed by atoms with E-state index in [0.717, 1.165) is 6.07 Å². The first-order valence-corrected chi connectivity index (χ1v) is 10.1. The third kappa shape index (κ3) is 6.16. The van der Waals surface area contributed by atoms with Crippen LogP contribution in [0.1, 0.15) is 33.2 Å². The van der Waals surface area contributed by atoms with Gasteiger partial charge in [-0.15, -0.1) is 0 Å². The van der Waals surface area contributed by atoms with Gasteiger partial charge in [0, 0.05) is 17.7 Å². The minimum atomic E-state index is -0.604. The Morgan fingerprint density at radius 3 is 2.47 bits per heavy atom. The highest BCUT2D eigenvalue weighted by atomic mass is 16.6. The quantitative estimate of drug-likeness (QED) is 0.167. The summed E-state index contributed by atoms with van der Waals surface area (Å²) in [5, 5.41) is 14.7. The van der Waals surface area contributed by atoms with Gasteiger partial charge in [-0.2, -0.15) is 5.10 Å². The molecule has 1 N–H and O–H groups in total. The number of carbonyl (C=O) groups excluding carboxylic acids is 2. The summed E-state index contributed by atoms with van der Waals surface area (Å²) in [4.78, 5) is 34.9. The van der Waals surface area contributed by atoms with E-state index in [0.29, 0.717) is 23.5 Å². The summed E-state index contributed by atoms with van der Waals surface area (Å²) in [5.41, 5.74) is 3.10. The second kappa shape index (κ2) is 11.2. The average Bonchev–Trinajstić information content (AvgIpc) is 2.85. The number of hydrogen-bond acceptors (Lipinski definition) is 8. The van der Waals surface area contributed by atoms with E-state index >= 15 is 0 Å². The van der Waals surface area contributed by atoms with E-state index in [1.54, 1.807) is 36.4 Å². The average molecular weight is 463 g/mol. The van der Waals surface area contributed by atoms with Crippen molar-refractivity contribution in [3.05, 3.63) is 93.5 Å². The number of nitro benzene ring substituents is 1. The number of rotatable bonds is 9. The lowest BCUT2D eigenvalue weighted by molar-refractivity contribution is -0.384. The van der Waals surface area contributed by atoms with E-state index in [-0.39, 0.29) is 22.7 Å². The number of nitrogens with zero attached hydrogens (tertiary/aromatic N) is 2. The van der Waals surface area contributed by atoms with Gasteiger partial charge in [0.2, 0.25) is 0 Å². The van der Waals surface area contributed by atoms with Crippen LogP contribution < -0.4 is 19.6 Å². The summed E-state index contributed by atoms with van der Waals surface area (Å²) < 4.78 is 16.1. The van der Waals surface area contributed by atoms with Gasteiger partial charge in [-0.1, -0.05) is 6.07 Å². The summed E-state index contributed by atoms with van der Waals surface area (Å²) in [6, 6.07) is 16.6. The summed E-state index contributed by atoms with van der Waals surface area (Å²) in [5.74, 6) is -0.0231. The Balaban J connectivity index is 1.65. The van der Waals surface area contributed by atoms with Crippen molar-refractivity contribution in [2.75, 3.05) is 13.7 Å². The monoisotopic (exact) mass is 463 g/mol. The predicted molar refractivity (Wildman–Crippen MR) is 124 cm³/mol. The first kappa shape index (κ1) is 23.9. The van der Waals surface area contributed by atoms with Crippen LogP contribution >= 0.6 is 0 Å². The number of ether oxygens (including phenoxy) is 3. The molecule has 0 aliphatic heterocycles. The summed E-state index contributed by atoms with van der Waals surface area (Å²) in [6.45, 7) is 2.39. The van der Waals surface area contributed by atoms with Gasteiger partial charge < -0.3 is 14.2 Å². The number of carbonyl (C=O) groups is 2. The molecule has 0 fully saturated rings. The predicted octanol–water partition coefficient (Wildman–Crippen LogP) is 3.99. The zero-order valence-corrected chi connectivity index (χ0v) is 18.4. The standard InChI is InChI=1S/C24H21N3O7/c1-3-33-20-10-8-17(9-11-20)24(29)34-21-12-7-16(13-22(21)32-2)15-25-26-23(28)18-5-4-6-19(14-18)27(30)31/h4-15H,3H2,1-2H3,(H,26,28)/b25-15-. The van der Waals surface area contributed by atoms with Crippen molar-refractivity contribution in [3.8, 4) is 17.2 Å². The second-order valence-electron chi connectivity index (χ2n) is 6.76. The molecule has 10 nitrogen and oxygen atoms in total. The van der Waals surface area contributed by atoms with Crippen LogP contribution in [0.4, 0.5) is 5.69 Å². The van der Waals surface area contributed by atoms with Crippen molar-refractivity contribution in [1.29, 1.82) is 0 Å². The molecule has 3 rings (SSSR count). The number of non-ortho nitro benzene ring substituents is 1. The minimum Gasteiger partial charge on any atom is -0.494 e. The molecule has 174 valence electrons. The van der Waals surface area contributed by atoms with Crippen molar-refractivity contribution in [2.24, 2.45) is 5.10 Å². The van der Waals surface area contributed by atoms with Crippen molar-refractivity contribution in [3.63, 3.8) is 0 Å². The topological polar surface area (TPSA) is 129 Å². The molecule has 1 amide bonds. The van der Waals surface area contributed by atoms with E-state index in [4.69, 9.17) is 14.2 Å². The van der Waals surface area contributed by atoms with Gasteiger partial charge in [-0.05, 0) is 61.0 Å². The van der Waals surface area contributed by atoms with Crippen LogP contribution in [0.5, 0.6) is 17.2 Å². The van der Waals surface area contributed by atoms with Crippen molar-refractivity contribution in [2.45, 2.75) is 6.92 Å². The molecule has 0 aliphatic carbocycles. The lowest BCUT2D eigenvalue weighted by atomic mass is 10.2. The van der Waals surface area contributed by atoms with E-state index in [2.05, 4.69) is 10.5 Å². The summed E-state index contributed by atoms with van der Waals surface area (Å²) >= 11 is 0. The third-order valence-corrected chi connectivity index (χ3v) is 4.49. The molecule has 34 heavy (non-hydrogen) atoms. The van der Waals surface area contributed by atoms with E-state index in [1.165, 1.54) is 37.6 Å². The highest BCUT2D eigenvalue weighted by Gasteiger charge is 2.14. The van der Waals surface area contributed by atoms with Gasteiger partial charge in [0.1, 0.15) is 5.75 Å². The van der Waals surface area contributed by atoms with E-state index in [9.17, 15) is 19.7 Å². The Labute approximate surface area is 194 Å². The molecule has 0 bridgehead atoms. The van der Waals surface area contributed by atoms with Crippen molar-refractivity contribution < 1.29 is 28.7 Å². The van der Waals surface area contributed by atoms with Gasteiger partial charge in [-0.3, -0.25) is 14.9 Å². The normalized spacial score (nSPS) is 10.5. The van der Waals surface area contributed by atoms with E-state index in [1.807, 2.05) is 6.92 Å². The molecule has 0 radical (unpaired) electrons. The number of methoxy groups -OCH3 is 1. The van der Waals surface area contributed by atoms with E-state index < -0.39 is 16.8 Å². The Morgan fingerprint density at radius 2 is 1.79 bits per heavy atom. The van der Waals surface area contributed by atoms with Gasteiger partial charge in [0.15, 0.2) is 11.5 Å². The van der Waals surface area contributed by atoms with Crippen LogP contribution in [0.25, 0.3) is 0 Å². The van der Waals surface area contributed by atoms with Gasteiger partial charge in [0.05, 0.1) is 30.4 Å². The zero-order valence-electron chi connectivity index (χ0n) is 18.4. The van der Waals surface area contributed by atoms with Crippen LogP contribution in [-0.4, -0.2) is 36.7 Å². The maximum Gasteiger partial charge on any atom is 0.343 e. The molecular weight excluding hydrogens is 442 g/mol. The third-order valence-electron chi connectivity index (χ3n) is 4.49. The largest absolute Gasteiger partial charge is 0.494 e. The van der Waals surface area contributed by atoms with Crippen molar-refractivity contribution in [1.82, 2.24) is 5.43 Å². The number of nitro groups is 1. The Hall–Kier alpha value is -4.73. The first-order chi connectivity index (χ1) is 16.4. The number of amides is 1. The fourth-order valence-corrected chi connectivity index (χ4v) is 2.85. The summed E-state index contributed by atoms with van der Waals surface area (Å²) in [6.07, 6.45) is 1.36. The fourth-order valence-electron chi connectivity index (χ4n) is 2.85. The molecule has 3 aromatic carbocycles. The smallest absolute Gasteiger partial charge is 0.343 e. The summed E-state index contributed by atoms with van der Waals surface area (Å²) in [7, 11) is 1.43. The molecule has 0 unspecified atom stereocenters. The molecular formula is C24H21N3O7. The fraction of sp³-hybridized carbons (Fsp3) is 0.125. The van der Waals surface area contributed by atoms with Crippen LogP contribution in [-0.2, 0) is 0 Å². The minimum absolute atomic E-state index is 0.0977. The number of esters is 1. The lowest BCUT2D eigenvalue weighted by Crippen LogP contribution is -2.17. The molecule has 0 aromatic heterocycles. The maximum absolute atomic E-state index is 12.4. The van der Waals surface area contributed by atoms with Crippen LogP contribution in [0, 0.1) is 10.1 Å². The molecule has 0 saturated carbocycles. The number of benzene rings is 3. The van der Waals surface area contributed by atoms with Gasteiger partial charge in [0.25, 0.3) is 11.6 Å². The Kier molecular flexibility index (Phi) is 7.90. The van der Waals surface area contributed by atoms with Crippen LogP contribution in [0.2, 0.25) is 0 Å². The number of hydrogen-bond donors (Lipinski definition) is 1. The number of hydrazone groups is 1. The van der Waals surface area contributed by atoms with Crippen molar-refractivity contribution >= 4 is 23.8 Å². The SMILES string of the molecule is CCOc1ccc(C(=O)Oc2ccc(/C=N\NC(=O)c3cccc([N+](=O)[O-])c3)cc2OC)cc1. The van der Waals surface area contributed by atoms with Crippen LogP contribution in [0.3, 0.4) is 0 Å². The van der Waals surface area contributed by atoms with Gasteiger partial charge in [-0.25, -0.2) is 10.2 Å². The molecule has 0 atom stereocenters. The number of nitrogens with one attached hydrogen (secondary N) is 1. The molecule has 0 aliphatic rings. The molecule has 0 saturated heterocycles. The maximum atomic E-state index is 12.4. The Morgan fingerprint density at radius 1 is 1.03 bits per heavy atom.